The van der Waals surface area contributed by atoms with Crippen LogP contribution in [0.25, 0.3) is 0 Å². The lowest BCUT2D eigenvalue weighted by molar-refractivity contribution is -0.385. The summed E-state index contributed by atoms with van der Waals surface area (Å²) in [5, 5.41) is 20.2. The summed E-state index contributed by atoms with van der Waals surface area (Å²) >= 11 is 0. The van der Waals surface area contributed by atoms with Crippen molar-refractivity contribution in [3.8, 4) is 5.75 Å². The number of aryl methyl sites for hydroxylation is 2. The van der Waals surface area contributed by atoms with Gasteiger partial charge in [0, 0.05) is 12.1 Å². The van der Waals surface area contributed by atoms with Gasteiger partial charge in [0.2, 0.25) is 0 Å². The highest BCUT2D eigenvalue weighted by Crippen LogP contribution is 2.28. The SMILES string of the molecule is Cc1cc(O)cc(C)c1NS(=O)(=O)c1cccc([N+](=O)[O-])c1. The van der Waals surface area contributed by atoms with Crippen LogP contribution in [0.4, 0.5) is 11.4 Å². The molecule has 0 amide bonds. The standard InChI is InChI=1S/C14H14N2O5S/c1-9-6-12(17)7-10(2)14(9)15-22(20,21)13-5-3-4-11(8-13)16(18)19/h3-8,15,17H,1-2H3. The first-order valence-corrected chi connectivity index (χ1v) is 7.76. The largest absolute Gasteiger partial charge is 0.508 e. The third-order valence-corrected chi connectivity index (χ3v) is 4.44. The Hall–Kier alpha value is -2.61. The van der Waals surface area contributed by atoms with Crippen molar-refractivity contribution < 1.29 is 18.4 Å². The summed E-state index contributed by atoms with van der Waals surface area (Å²) in [4.78, 5) is 9.89. The molecule has 0 fully saturated rings. The molecule has 0 atom stereocenters. The Balaban J connectivity index is 2.45. The minimum atomic E-state index is -3.96. The van der Waals surface area contributed by atoms with E-state index < -0.39 is 14.9 Å². The first-order chi connectivity index (χ1) is 10.2. The number of aromatic hydroxyl groups is 1. The zero-order valence-corrected chi connectivity index (χ0v) is 12.7. The molecule has 0 aliphatic carbocycles. The molecule has 0 saturated carbocycles. The van der Waals surface area contributed by atoms with Crippen molar-refractivity contribution in [2.45, 2.75) is 18.7 Å². The van der Waals surface area contributed by atoms with Crippen LogP contribution in [0.5, 0.6) is 5.75 Å². The van der Waals surface area contributed by atoms with Crippen molar-refractivity contribution >= 4 is 21.4 Å². The number of nitrogens with zero attached hydrogens (tertiary/aromatic N) is 1. The Morgan fingerprint density at radius 3 is 2.27 bits per heavy atom. The van der Waals surface area contributed by atoms with Crippen LogP contribution in [0.1, 0.15) is 11.1 Å². The molecule has 7 nitrogen and oxygen atoms in total. The van der Waals surface area contributed by atoms with Crippen LogP contribution in [-0.2, 0) is 10.0 Å². The van der Waals surface area contributed by atoms with E-state index in [-0.39, 0.29) is 16.3 Å². The number of hydrogen-bond acceptors (Lipinski definition) is 5. The van der Waals surface area contributed by atoms with Crippen LogP contribution in [0.15, 0.2) is 41.3 Å². The minimum absolute atomic E-state index is 0.0355. The molecular weight excluding hydrogens is 308 g/mol. The number of nitrogens with one attached hydrogen (secondary N) is 1. The van der Waals surface area contributed by atoms with Crippen molar-refractivity contribution in [1.82, 2.24) is 0 Å². The quantitative estimate of drug-likeness (QED) is 0.511. The molecular formula is C14H14N2O5S. The fourth-order valence-corrected chi connectivity index (χ4v) is 3.30. The zero-order chi connectivity index (χ0) is 16.5. The zero-order valence-electron chi connectivity index (χ0n) is 11.9. The second kappa shape index (κ2) is 5.64. The number of phenolic OH excluding ortho intramolecular Hbond substituents is 1. The maximum Gasteiger partial charge on any atom is 0.270 e. The molecule has 2 rings (SSSR count). The van der Waals surface area contributed by atoms with Crippen molar-refractivity contribution in [2.75, 3.05) is 4.72 Å². The molecule has 116 valence electrons. The number of anilines is 1. The van der Waals surface area contributed by atoms with E-state index in [1.807, 2.05) is 0 Å². The molecule has 0 aliphatic rings. The number of non-ortho nitro benzene ring substituents is 1. The summed E-state index contributed by atoms with van der Waals surface area (Å²) in [6.45, 7) is 3.30. The monoisotopic (exact) mass is 322 g/mol. The number of nitro groups is 1. The Bertz CT molecular complexity index is 823. The number of rotatable bonds is 4. The van der Waals surface area contributed by atoms with Gasteiger partial charge in [0.05, 0.1) is 15.5 Å². The van der Waals surface area contributed by atoms with Crippen molar-refractivity contribution in [3.63, 3.8) is 0 Å². The average Bonchev–Trinajstić information content (AvgIpc) is 2.43. The van der Waals surface area contributed by atoms with Gasteiger partial charge >= 0.3 is 0 Å². The van der Waals surface area contributed by atoms with Crippen LogP contribution < -0.4 is 4.72 Å². The smallest absolute Gasteiger partial charge is 0.270 e. The fraction of sp³-hybridized carbons (Fsp3) is 0.143. The molecule has 0 bridgehead atoms. The molecule has 0 unspecified atom stereocenters. The van der Waals surface area contributed by atoms with Gasteiger partial charge < -0.3 is 5.11 Å². The molecule has 0 heterocycles. The highest BCUT2D eigenvalue weighted by molar-refractivity contribution is 7.92. The van der Waals surface area contributed by atoms with Gasteiger partial charge in [0.15, 0.2) is 0 Å². The highest BCUT2D eigenvalue weighted by Gasteiger charge is 2.19. The molecule has 2 aromatic rings. The summed E-state index contributed by atoms with van der Waals surface area (Å²) in [6.07, 6.45) is 0. The third kappa shape index (κ3) is 3.17. The Labute approximate surface area is 127 Å². The molecule has 0 spiro atoms. The second-order valence-electron chi connectivity index (χ2n) is 4.81. The molecule has 2 N–H and O–H groups in total. The summed E-state index contributed by atoms with van der Waals surface area (Å²) in [5.74, 6) is 0.0355. The van der Waals surface area contributed by atoms with Crippen LogP contribution in [0.2, 0.25) is 0 Å². The van der Waals surface area contributed by atoms with E-state index in [0.29, 0.717) is 16.8 Å². The maximum atomic E-state index is 12.4. The number of sulfonamides is 1. The van der Waals surface area contributed by atoms with Gasteiger partial charge in [-0.1, -0.05) is 6.07 Å². The lowest BCUT2D eigenvalue weighted by atomic mass is 10.1. The Kier molecular flexibility index (Phi) is 4.05. The van der Waals surface area contributed by atoms with E-state index in [2.05, 4.69) is 4.72 Å². The molecule has 8 heteroatoms. The van der Waals surface area contributed by atoms with Crippen LogP contribution >= 0.6 is 0 Å². The van der Waals surface area contributed by atoms with Gasteiger partial charge in [-0.25, -0.2) is 8.42 Å². The predicted molar refractivity (Wildman–Crippen MR) is 81.5 cm³/mol. The van der Waals surface area contributed by atoms with E-state index in [1.165, 1.54) is 30.3 Å². The first kappa shape index (κ1) is 15.8. The van der Waals surface area contributed by atoms with Gasteiger partial charge in [0.25, 0.3) is 15.7 Å². The third-order valence-electron chi connectivity index (χ3n) is 3.09. The van der Waals surface area contributed by atoms with Crippen molar-refractivity contribution in [1.29, 1.82) is 0 Å². The highest BCUT2D eigenvalue weighted by atomic mass is 32.2. The van der Waals surface area contributed by atoms with Crippen LogP contribution in [0, 0.1) is 24.0 Å². The molecule has 2 aromatic carbocycles. The van der Waals surface area contributed by atoms with E-state index in [1.54, 1.807) is 13.8 Å². The Morgan fingerprint density at radius 2 is 1.73 bits per heavy atom. The van der Waals surface area contributed by atoms with E-state index in [0.717, 1.165) is 6.07 Å². The number of benzene rings is 2. The molecule has 0 aliphatic heterocycles. The minimum Gasteiger partial charge on any atom is -0.508 e. The van der Waals surface area contributed by atoms with Gasteiger partial charge in [-0.2, -0.15) is 0 Å². The number of nitro benzene ring substituents is 1. The van der Waals surface area contributed by atoms with E-state index in [9.17, 15) is 23.6 Å². The van der Waals surface area contributed by atoms with Crippen molar-refractivity contribution in [3.05, 3.63) is 57.6 Å². The van der Waals surface area contributed by atoms with Gasteiger partial charge in [-0.3, -0.25) is 14.8 Å². The van der Waals surface area contributed by atoms with E-state index in [4.69, 9.17) is 0 Å². The summed E-state index contributed by atoms with van der Waals surface area (Å²) in [5.41, 5.74) is 1.13. The van der Waals surface area contributed by atoms with E-state index >= 15 is 0 Å². The van der Waals surface area contributed by atoms with Crippen LogP contribution in [-0.4, -0.2) is 18.4 Å². The molecule has 0 aromatic heterocycles. The molecule has 0 radical (unpaired) electrons. The first-order valence-electron chi connectivity index (χ1n) is 6.28. The summed E-state index contributed by atoms with van der Waals surface area (Å²) in [6, 6.07) is 7.66. The molecule has 22 heavy (non-hydrogen) atoms. The lowest BCUT2D eigenvalue weighted by Gasteiger charge is -2.13. The molecule has 0 saturated heterocycles. The maximum absolute atomic E-state index is 12.4. The number of hydrogen-bond donors (Lipinski definition) is 2. The fourth-order valence-electron chi connectivity index (χ4n) is 2.06. The van der Waals surface area contributed by atoms with Gasteiger partial charge in [-0.05, 0) is 43.2 Å². The summed E-state index contributed by atoms with van der Waals surface area (Å²) in [7, 11) is -3.96. The van der Waals surface area contributed by atoms with Gasteiger partial charge in [-0.15, -0.1) is 0 Å². The normalized spacial score (nSPS) is 11.2. The summed E-state index contributed by atoms with van der Waals surface area (Å²) < 4.78 is 27.1. The topological polar surface area (TPSA) is 110 Å². The Morgan fingerprint density at radius 1 is 1.14 bits per heavy atom. The van der Waals surface area contributed by atoms with Gasteiger partial charge in [0.1, 0.15) is 5.75 Å². The second-order valence-corrected chi connectivity index (χ2v) is 6.50. The number of phenols is 1. The average molecular weight is 322 g/mol. The lowest BCUT2D eigenvalue weighted by Crippen LogP contribution is -2.14. The van der Waals surface area contributed by atoms with Crippen molar-refractivity contribution in [2.24, 2.45) is 0 Å². The predicted octanol–water partition coefficient (Wildman–Crippen LogP) is 2.72. The van der Waals surface area contributed by atoms with Crippen LogP contribution in [0.3, 0.4) is 0 Å².